The molecule has 2 rings (SSSR count). The van der Waals surface area contributed by atoms with Crippen LogP contribution < -0.4 is 0 Å². The fraction of sp³-hybridized carbons (Fsp3) is 0.381. The number of hydrogen-bond donors (Lipinski definition) is 2. The van der Waals surface area contributed by atoms with Gasteiger partial charge in [0.1, 0.15) is 0 Å². The lowest BCUT2D eigenvalue weighted by Gasteiger charge is -2.24. The topological polar surface area (TPSA) is 74.6 Å². The van der Waals surface area contributed by atoms with Crippen LogP contribution in [-0.4, -0.2) is 22.1 Å². The summed E-state index contributed by atoms with van der Waals surface area (Å²) in [6.07, 6.45) is 1.95. The van der Waals surface area contributed by atoms with Crippen molar-refractivity contribution in [3.05, 3.63) is 71.8 Å². The quantitative estimate of drug-likeness (QED) is 0.565. The maximum absolute atomic E-state index is 12.9. The fourth-order valence-electron chi connectivity index (χ4n) is 3.35. The van der Waals surface area contributed by atoms with Crippen LogP contribution in [0.25, 0.3) is 0 Å². The first-order valence-corrected chi connectivity index (χ1v) is 11.1. The van der Waals surface area contributed by atoms with Gasteiger partial charge < -0.3 is 10.00 Å². The van der Waals surface area contributed by atoms with Gasteiger partial charge in [-0.1, -0.05) is 74.0 Å². The molecule has 2 N–H and O–H groups in total. The molecule has 0 aromatic heterocycles. The van der Waals surface area contributed by atoms with Crippen molar-refractivity contribution in [2.75, 3.05) is 6.16 Å². The molecule has 2 aromatic carbocycles. The lowest BCUT2D eigenvalue weighted by atomic mass is 9.88. The van der Waals surface area contributed by atoms with Gasteiger partial charge in [-0.15, -0.1) is 0 Å². The Labute approximate surface area is 155 Å². The van der Waals surface area contributed by atoms with Crippen LogP contribution in [0.15, 0.2) is 60.7 Å². The number of carboxylic acid groups (broad SMARTS) is 1. The third-order valence-electron chi connectivity index (χ3n) is 4.60. The van der Waals surface area contributed by atoms with Gasteiger partial charge in [0.15, 0.2) is 0 Å². The molecular weight excluding hydrogens is 347 g/mol. The highest BCUT2D eigenvalue weighted by Gasteiger charge is 2.29. The lowest BCUT2D eigenvalue weighted by Crippen LogP contribution is -2.19. The third-order valence-corrected chi connectivity index (χ3v) is 6.48. The molecule has 0 amide bonds. The van der Waals surface area contributed by atoms with Gasteiger partial charge >= 0.3 is 5.97 Å². The zero-order chi connectivity index (χ0) is 19.0. The second-order valence-corrected chi connectivity index (χ2v) is 9.21. The van der Waals surface area contributed by atoms with Crippen molar-refractivity contribution in [2.24, 2.45) is 5.92 Å². The standard InChI is InChI=1S/C21H27O4P/c1-2-9-19(21(22)23)14-20(18-12-7-4-8-13-18)16-26(24,25)15-17-10-5-3-6-11-17/h3-8,10-13,19-20H,2,9,14-16H2,1H3,(H,22,23)(H,24,25). The Bertz CT molecular complexity index is 730. The summed E-state index contributed by atoms with van der Waals surface area (Å²) >= 11 is 0. The van der Waals surface area contributed by atoms with E-state index in [4.69, 9.17) is 0 Å². The molecule has 4 nitrogen and oxygen atoms in total. The average molecular weight is 374 g/mol. The smallest absolute Gasteiger partial charge is 0.306 e. The molecule has 3 atom stereocenters. The first kappa shape index (κ1) is 20.4. The number of benzene rings is 2. The summed E-state index contributed by atoms with van der Waals surface area (Å²) in [6.45, 7) is 1.96. The minimum atomic E-state index is -3.43. The summed E-state index contributed by atoms with van der Waals surface area (Å²) in [5.74, 6) is -1.58. The van der Waals surface area contributed by atoms with Crippen molar-refractivity contribution in [1.82, 2.24) is 0 Å². The molecule has 0 aliphatic heterocycles. The van der Waals surface area contributed by atoms with Crippen LogP contribution >= 0.6 is 7.37 Å². The highest BCUT2D eigenvalue weighted by atomic mass is 31.2. The number of carboxylic acids is 1. The van der Waals surface area contributed by atoms with E-state index < -0.39 is 19.3 Å². The van der Waals surface area contributed by atoms with Gasteiger partial charge in [-0.3, -0.25) is 9.36 Å². The van der Waals surface area contributed by atoms with E-state index in [0.29, 0.717) is 12.8 Å². The Morgan fingerprint density at radius 2 is 1.62 bits per heavy atom. The molecule has 0 fully saturated rings. The molecule has 2 aromatic rings. The summed E-state index contributed by atoms with van der Waals surface area (Å²) in [4.78, 5) is 22.2. The van der Waals surface area contributed by atoms with Crippen LogP contribution in [0.1, 0.15) is 43.2 Å². The first-order valence-electron chi connectivity index (χ1n) is 9.04. The van der Waals surface area contributed by atoms with Crippen molar-refractivity contribution >= 4 is 13.3 Å². The second kappa shape index (κ2) is 9.70. The van der Waals surface area contributed by atoms with E-state index >= 15 is 0 Å². The molecule has 0 bridgehead atoms. The first-order chi connectivity index (χ1) is 12.4. The van der Waals surface area contributed by atoms with E-state index in [1.165, 1.54) is 0 Å². The van der Waals surface area contributed by atoms with E-state index in [2.05, 4.69) is 0 Å². The normalized spacial score (nSPS) is 15.8. The monoisotopic (exact) mass is 374 g/mol. The van der Waals surface area contributed by atoms with Gasteiger partial charge in [0.2, 0.25) is 7.37 Å². The van der Waals surface area contributed by atoms with Crippen molar-refractivity contribution < 1.29 is 19.4 Å². The van der Waals surface area contributed by atoms with Crippen LogP contribution in [0.3, 0.4) is 0 Å². The van der Waals surface area contributed by atoms with Crippen LogP contribution in [0.5, 0.6) is 0 Å². The zero-order valence-electron chi connectivity index (χ0n) is 15.1. The van der Waals surface area contributed by atoms with E-state index in [-0.39, 0.29) is 18.2 Å². The van der Waals surface area contributed by atoms with Gasteiger partial charge in [-0.2, -0.15) is 0 Å². The molecule has 0 radical (unpaired) electrons. The van der Waals surface area contributed by atoms with Crippen molar-refractivity contribution in [1.29, 1.82) is 0 Å². The molecule has 0 saturated heterocycles. The predicted molar refractivity (Wildman–Crippen MR) is 105 cm³/mol. The van der Waals surface area contributed by atoms with E-state index in [1.807, 2.05) is 67.6 Å². The summed E-state index contributed by atoms with van der Waals surface area (Å²) < 4.78 is 12.9. The van der Waals surface area contributed by atoms with Gasteiger partial charge in [0.25, 0.3) is 0 Å². The molecule has 3 unspecified atom stereocenters. The molecule has 140 valence electrons. The zero-order valence-corrected chi connectivity index (χ0v) is 16.0. The van der Waals surface area contributed by atoms with Crippen LogP contribution in [-0.2, 0) is 15.5 Å². The molecule has 0 aliphatic carbocycles. The predicted octanol–water partition coefficient (Wildman–Crippen LogP) is 5.13. The molecule has 0 spiro atoms. The van der Waals surface area contributed by atoms with Crippen molar-refractivity contribution in [3.8, 4) is 0 Å². The molecule has 0 heterocycles. The molecule has 0 aliphatic rings. The van der Waals surface area contributed by atoms with Crippen molar-refractivity contribution in [2.45, 2.75) is 38.3 Å². The highest BCUT2D eigenvalue weighted by molar-refractivity contribution is 7.57. The lowest BCUT2D eigenvalue weighted by molar-refractivity contribution is -0.142. The summed E-state index contributed by atoms with van der Waals surface area (Å²) in [5, 5.41) is 9.50. The molecule has 5 heteroatoms. The highest BCUT2D eigenvalue weighted by Crippen LogP contribution is 2.49. The largest absolute Gasteiger partial charge is 0.481 e. The van der Waals surface area contributed by atoms with Crippen molar-refractivity contribution in [3.63, 3.8) is 0 Å². The molecular formula is C21H27O4P. The van der Waals surface area contributed by atoms with E-state index in [0.717, 1.165) is 17.5 Å². The van der Waals surface area contributed by atoms with Gasteiger partial charge in [0, 0.05) is 12.3 Å². The Hall–Kier alpha value is -1.90. The van der Waals surface area contributed by atoms with Gasteiger partial charge in [-0.05, 0) is 29.9 Å². The third kappa shape index (κ3) is 6.44. The second-order valence-electron chi connectivity index (χ2n) is 6.84. The number of carbonyl (C=O) groups is 1. The Morgan fingerprint density at radius 3 is 2.15 bits per heavy atom. The maximum Gasteiger partial charge on any atom is 0.306 e. The van der Waals surface area contributed by atoms with E-state index in [9.17, 15) is 19.4 Å². The van der Waals surface area contributed by atoms with Gasteiger partial charge in [0.05, 0.1) is 5.92 Å². The summed E-state index contributed by atoms with van der Waals surface area (Å²) in [7, 11) is -3.43. The summed E-state index contributed by atoms with van der Waals surface area (Å²) in [5.41, 5.74) is 1.76. The van der Waals surface area contributed by atoms with Crippen LogP contribution in [0.2, 0.25) is 0 Å². The minimum Gasteiger partial charge on any atom is -0.481 e. The number of aliphatic carboxylic acids is 1. The average Bonchev–Trinajstić information content (AvgIpc) is 2.61. The summed E-state index contributed by atoms with van der Waals surface area (Å²) in [6, 6.07) is 18.8. The SMILES string of the molecule is CCCC(CC(CP(=O)(O)Cc1ccccc1)c1ccccc1)C(=O)O. The van der Waals surface area contributed by atoms with Crippen LogP contribution in [0, 0.1) is 5.92 Å². The minimum absolute atomic E-state index is 0.0966. The Balaban J connectivity index is 2.20. The number of rotatable bonds is 10. The van der Waals surface area contributed by atoms with E-state index in [1.54, 1.807) is 0 Å². The molecule has 0 saturated carbocycles. The Kier molecular flexibility index (Phi) is 7.62. The van der Waals surface area contributed by atoms with Crippen LogP contribution in [0.4, 0.5) is 0 Å². The number of hydrogen-bond acceptors (Lipinski definition) is 2. The maximum atomic E-state index is 12.9. The molecule has 26 heavy (non-hydrogen) atoms. The fourth-order valence-corrected chi connectivity index (χ4v) is 5.31. The van der Waals surface area contributed by atoms with Gasteiger partial charge in [-0.25, -0.2) is 0 Å². The Morgan fingerprint density at radius 1 is 1.04 bits per heavy atom.